The predicted molar refractivity (Wildman–Crippen MR) is 252 cm³/mol. The molecule has 3 unspecified atom stereocenters. The van der Waals surface area contributed by atoms with Gasteiger partial charge < -0.3 is 0 Å². The van der Waals surface area contributed by atoms with E-state index in [0.29, 0.717) is 17.8 Å². The van der Waals surface area contributed by atoms with E-state index in [1.807, 2.05) is 0 Å². The fourth-order valence-electron chi connectivity index (χ4n) is 10.3. The largest absolute Gasteiger partial charge is 0.103 e. The second-order valence-corrected chi connectivity index (χ2v) is 16.6. The predicted octanol–water partition coefficient (Wildman–Crippen LogP) is 16.6. The summed E-state index contributed by atoms with van der Waals surface area (Å²) in [6.07, 6.45) is 11.1. The Hall–Kier alpha value is -6.24. The van der Waals surface area contributed by atoms with Crippen LogP contribution in [0.5, 0.6) is 0 Å². The Morgan fingerprint density at radius 3 is 1.83 bits per heavy atom. The summed E-state index contributed by atoms with van der Waals surface area (Å²) >= 11 is 0. The summed E-state index contributed by atoms with van der Waals surface area (Å²) in [6.45, 7) is 16.3. The normalized spacial score (nSPS) is 19.7. The van der Waals surface area contributed by atoms with E-state index in [2.05, 4.69) is 211 Å². The summed E-state index contributed by atoms with van der Waals surface area (Å²) in [5, 5.41) is 2.62. The van der Waals surface area contributed by atoms with Crippen LogP contribution in [0.1, 0.15) is 51.7 Å². The van der Waals surface area contributed by atoms with Crippen molar-refractivity contribution in [1.82, 2.24) is 0 Å². The fourth-order valence-corrected chi connectivity index (χ4v) is 10.3. The zero-order valence-electron chi connectivity index (χ0n) is 34.5. The molecule has 0 saturated carbocycles. The van der Waals surface area contributed by atoms with Crippen LogP contribution < -0.4 is 0 Å². The Morgan fingerprint density at radius 1 is 0.603 bits per heavy atom. The molecule has 0 spiro atoms. The van der Waals surface area contributed by atoms with Crippen molar-refractivity contribution in [2.24, 2.45) is 17.8 Å². The van der Waals surface area contributed by atoms with Gasteiger partial charge in [-0.2, -0.15) is 0 Å². The highest BCUT2D eigenvalue weighted by molar-refractivity contribution is 6.23. The molecule has 7 aromatic rings. The van der Waals surface area contributed by atoms with E-state index in [1.165, 1.54) is 99.8 Å². The molecule has 0 amide bonds. The van der Waals surface area contributed by atoms with Crippen LogP contribution in [0.25, 0.3) is 83.1 Å². The molecule has 3 atom stereocenters. The number of fused-ring (bicyclic) bond motifs is 3. The minimum Gasteiger partial charge on any atom is -0.103 e. The van der Waals surface area contributed by atoms with Crippen molar-refractivity contribution >= 4 is 16.3 Å². The van der Waals surface area contributed by atoms with Gasteiger partial charge in [-0.15, -0.1) is 6.58 Å². The van der Waals surface area contributed by atoms with Gasteiger partial charge in [-0.05, 0) is 158 Å². The first kappa shape index (κ1) is 37.3. The van der Waals surface area contributed by atoms with E-state index in [9.17, 15) is 0 Å². The molecule has 0 N–H and O–H groups in total. The van der Waals surface area contributed by atoms with Gasteiger partial charge in [-0.1, -0.05) is 183 Å². The molecule has 2 aliphatic carbocycles. The quantitative estimate of drug-likeness (QED) is 0.142. The Bertz CT molecular complexity index is 2770. The first-order chi connectivity index (χ1) is 28.4. The summed E-state index contributed by atoms with van der Waals surface area (Å²) in [4.78, 5) is 0. The molecular weight excluding hydrogens is 697 g/mol. The average Bonchev–Trinajstić information content (AvgIpc) is 3.59. The standard InChI is InChI=1S/C58H52/c1-7-21-45-34-37(2)22-19-23-38(3)39(4)52(45)40(5)53-41(6)54(43-26-13-9-14-27-43)58-51-36-47(49-32-18-17-31-48(49)42-24-11-8-12-25-42)35-46-30-20-33-50(55(46)51)57(58)56(53)44-28-15-10-16-29-44/h7-20,22-33,35-36,38-39,45H,1,21,34H2,2-6H3/b23-19-,37-22-,52-40+. The SMILES string of the molecule is C=CCC1C/C(C)=C\C=C/C(C)C(C)/C1=C(/C)c1c(C)c(-c2ccccc2)c2c(c1-c1ccccc1)-c1cccc3cc(-c4ccccc4-c4ccccc4)cc-2c13. The van der Waals surface area contributed by atoms with Gasteiger partial charge in [0.1, 0.15) is 0 Å². The van der Waals surface area contributed by atoms with Crippen LogP contribution in [-0.2, 0) is 0 Å². The third-order valence-electron chi connectivity index (χ3n) is 13.1. The summed E-state index contributed by atoms with van der Waals surface area (Å²) in [5.41, 5.74) is 22.6. The second kappa shape index (κ2) is 15.6. The zero-order chi connectivity index (χ0) is 39.9. The number of benzene rings is 7. The molecule has 0 nitrogen and oxygen atoms in total. The molecule has 58 heavy (non-hydrogen) atoms. The lowest BCUT2D eigenvalue weighted by Gasteiger charge is -2.32. The molecule has 2 aliphatic rings. The topological polar surface area (TPSA) is 0 Å². The number of hydrogen-bond donors (Lipinski definition) is 0. The first-order valence-electron chi connectivity index (χ1n) is 21.0. The molecule has 0 aliphatic heterocycles. The van der Waals surface area contributed by atoms with E-state index < -0.39 is 0 Å². The molecule has 0 saturated heterocycles. The monoisotopic (exact) mass is 748 g/mol. The Balaban J connectivity index is 1.42. The van der Waals surface area contributed by atoms with Crippen molar-refractivity contribution in [1.29, 1.82) is 0 Å². The smallest absolute Gasteiger partial charge is 0.000755 e. The minimum absolute atomic E-state index is 0.352. The molecule has 0 aromatic heterocycles. The molecule has 0 radical (unpaired) electrons. The summed E-state index contributed by atoms with van der Waals surface area (Å²) in [5.74, 6) is 1.10. The highest BCUT2D eigenvalue weighted by Crippen LogP contribution is 2.59. The second-order valence-electron chi connectivity index (χ2n) is 16.6. The zero-order valence-corrected chi connectivity index (χ0v) is 34.5. The summed E-state index contributed by atoms with van der Waals surface area (Å²) < 4.78 is 0. The van der Waals surface area contributed by atoms with Crippen LogP contribution >= 0.6 is 0 Å². The van der Waals surface area contributed by atoms with Crippen molar-refractivity contribution in [3.05, 3.63) is 199 Å². The molecule has 0 bridgehead atoms. The van der Waals surface area contributed by atoms with E-state index in [1.54, 1.807) is 5.57 Å². The molecule has 9 rings (SSSR count). The fraction of sp³-hybridized carbons (Fsp3) is 0.172. The van der Waals surface area contributed by atoms with Gasteiger partial charge in [0.25, 0.3) is 0 Å². The Morgan fingerprint density at radius 2 is 1.17 bits per heavy atom. The van der Waals surface area contributed by atoms with Gasteiger partial charge >= 0.3 is 0 Å². The van der Waals surface area contributed by atoms with Crippen LogP contribution in [0.4, 0.5) is 0 Å². The van der Waals surface area contributed by atoms with Crippen molar-refractivity contribution in [2.75, 3.05) is 0 Å². The van der Waals surface area contributed by atoms with Crippen LogP contribution in [0.2, 0.25) is 0 Å². The highest BCUT2D eigenvalue weighted by Gasteiger charge is 2.35. The van der Waals surface area contributed by atoms with Gasteiger partial charge in [-0.25, -0.2) is 0 Å². The maximum atomic E-state index is 4.29. The van der Waals surface area contributed by atoms with Crippen LogP contribution in [0.15, 0.2) is 188 Å². The molecule has 0 heterocycles. The highest BCUT2D eigenvalue weighted by atomic mass is 14.4. The van der Waals surface area contributed by atoms with Crippen molar-refractivity contribution in [3.63, 3.8) is 0 Å². The van der Waals surface area contributed by atoms with Gasteiger partial charge in [-0.3, -0.25) is 0 Å². The third-order valence-corrected chi connectivity index (χ3v) is 13.1. The molecular formula is C58H52. The number of allylic oxidation sites excluding steroid dienone is 7. The van der Waals surface area contributed by atoms with Crippen molar-refractivity contribution < 1.29 is 0 Å². The van der Waals surface area contributed by atoms with Gasteiger partial charge in [0.15, 0.2) is 0 Å². The Labute approximate surface area is 345 Å². The first-order valence-corrected chi connectivity index (χ1v) is 21.0. The lowest BCUT2D eigenvalue weighted by molar-refractivity contribution is 0.455. The lowest BCUT2D eigenvalue weighted by atomic mass is 9.72. The van der Waals surface area contributed by atoms with Crippen LogP contribution in [-0.4, -0.2) is 0 Å². The molecule has 0 heteroatoms. The van der Waals surface area contributed by atoms with Crippen LogP contribution in [0, 0.1) is 24.7 Å². The van der Waals surface area contributed by atoms with E-state index in [4.69, 9.17) is 0 Å². The maximum absolute atomic E-state index is 4.29. The number of hydrogen-bond acceptors (Lipinski definition) is 0. The van der Waals surface area contributed by atoms with E-state index in [0.717, 1.165) is 12.8 Å². The van der Waals surface area contributed by atoms with E-state index in [-0.39, 0.29) is 0 Å². The summed E-state index contributed by atoms with van der Waals surface area (Å²) in [6, 6.07) is 54.0. The van der Waals surface area contributed by atoms with Gasteiger partial charge in [0, 0.05) is 0 Å². The molecule has 7 aromatic carbocycles. The lowest BCUT2D eigenvalue weighted by Crippen LogP contribution is -2.18. The maximum Gasteiger partial charge on any atom is -0.000755 e. The molecule has 0 fully saturated rings. The van der Waals surface area contributed by atoms with Crippen molar-refractivity contribution in [3.8, 4) is 66.8 Å². The average molecular weight is 749 g/mol. The summed E-state index contributed by atoms with van der Waals surface area (Å²) in [7, 11) is 0. The van der Waals surface area contributed by atoms with E-state index >= 15 is 0 Å². The van der Waals surface area contributed by atoms with Gasteiger partial charge in [0.05, 0.1) is 0 Å². The van der Waals surface area contributed by atoms with Gasteiger partial charge in [0.2, 0.25) is 0 Å². The third kappa shape index (κ3) is 6.42. The minimum atomic E-state index is 0.352. The Kier molecular flexibility index (Phi) is 10.0. The van der Waals surface area contributed by atoms with Crippen molar-refractivity contribution in [2.45, 2.75) is 47.5 Å². The number of rotatable bonds is 7. The molecule has 284 valence electrons. The van der Waals surface area contributed by atoms with Crippen LogP contribution in [0.3, 0.4) is 0 Å².